The second kappa shape index (κ2) is 11.3. The van der Waals surface area contributed by atoms with Gasteiger partial charge >= 0.3 is 5.97 Å². The molecule has 6 nitrogen and oxygen atoms in total. The molecule has 0 spiro atoms. The Morgan fingerprint density at radius 2 is 1.83 bits per heavy atom. The van der Waals surface area contributed by atoms with Crippen molar-refractivity contribution in [2.24, 2.45) is 0 Å². The van der Waals surface area contributed by atoms with Crippen molar-refractivity contribution in [3.8, 4) is 11.5 Å². The van der Waals surface area contributed by atoms with E-state index in [1.165, 1.54) is 24.8 Å². The monoisotopic (exact) mass is 419 g/mol. The maximum absolute atomic E-state index is 12.3. The summed E-state index contributed by atoms with van der Waals surface area (Å²) in [6.07, 6.45) is 3.27. The van der Waals surface area contributed by atoms with Gasteiger partial charge < -0.3 is 19.5 Å². The minimum absolute atomic E-state index is 0.170. The van der Waals surface area contributed by atoms with Crippen molar-refractivity contribution in [3.05, 3.63) is 52.5 Å². The number of unbranched alkanes of at least 4 members (excludes halogenated alkanes) is 1. The zero-order chi connectivity index (χ0) is 21.2. The van der Waals surface area contributed by atoms with Crippen molar-refractivity contribution >= 4 is 29.2 Å². The van der Waals surface area contributed by atoms with E-state index in [-0.39, 0.29) is 10.6 Å². The first-order valence-electron chi connectivity index (χ1n) is 9.54. The molecule has 0 unspecified atom stereocenters. The largest absolute Gasteiger partial charge is 0.493 e. The van der Waals surface area contributed by atoms with Crippen LogP contribution in [-0.4, -0.2) is 32.2 Å². The van der Waals surface area contributed by atoms with Crippen LogP contribution in [0, 0.1) is 0 Å². The average Bonchev–Trinajstić information content (AvgIpc) is 2.72. The zero-order valence-electron chi connectivity index (χ0n) is 16.9. The van der Waals surface area contributed by atoms with Crippen LogP contribution in [-0.2, 0) is 16.0 Å². The Morgan fingerprint density at radius 1 is 1.10 bits per heavy atom. The van der Waals surface area contributed by atoms with Crippen molar-refractivity contribution in [2.45, 2.75) is 33.1 Å². The summed E-state index contributed by atoms with van der Waals surface area (Å²) in [5.41, 5.74) is 2.04. The van der Waals surface area contributed by atoms with Crippen LogP contribution >= 0.6 is 11.6 Å². The number of rotatable bonds is 10. The smallest absolute Gasteiger partial charge is 0.338 e. The van der Waals surface area contributed by atoms with Crippen LogP contribution < -0.4 is 14.8 Å². The molecule has 0 aromatic heterocycles. The molecule has 156 valence electrons. The van der Waals surface area contributed by atoms with Crippen molar-refractivity contribution in [1.29, 1.82) is 0 Å². The maximum Gasteiger partial charge on any atom is 0.338 e. The maximum atomic E-state index is 12.3. The first-order valence-corrected chi connectivity index (χ1v) is 9.92. The summed E-state index contributed by atoms with van der Waals surface area (Å²) in [5.74, 6) is -0.436. The molecule has 2 aromatic carbocycles. The van der Waals surface area contributed by atoms with E-state index < -0.39 is 18.5 Å². The van der Waals surface area contributed by atoms with Crippen LogP contribution in [0.1, 0.15) is 42.6 Å². The van der Waals surface area contributed by atoms with E-state index in [0.29, 0.717) is 23.8 Å². The van der Waals surface area contributed by atoms with Gasteiger partial charge in [-0.1, -0.05) is 37.1 Å². The van der Waals surface area contributed by atoms with Crippen LogP contribution in [0.15, 0.2) is 36.4 Å². The zero-order valence-corrected chi connectivity index (χ0v) is 17.7. The summed E-state index contributed by atoms with van der Waals surface area (Å²) in [5, 5.41) is 2.93. The lowest BCUT2D eigenvalue weighted by atomic mass is 10.1. The van der Waals surface area contributed by atoms with Gasteiger partial charge in [0.05, 0.1) is 24.3 Å². The second-order valence-corrected chi connectivity index (χ2v) is 6.75. The highest BCUT2D eigenvalue weighted by Crippen LogP contribution is 2.36. The van der Waals surface area contributed by atoms with Gasteiger partial charge in [0.1, 0.15) is 0 Å². The second-order valence-electron chi connectivity index (χ2n) is 6.35. The molecule has 0 aliphatic heterocycles. The fourth-order valence-electron chi connectivity index (χ4n) is 2.67. The summed E-state index contributed by atoms with van der Waals surface area (Å²) in [6, 6.07) is 10.5. The number of methoxy groups -OCH3 is 1. The van der Waals surface area contributed by atoms with Gasteiger partial charge in [0.25, 0.3) is 5.91 Å². The summed E-state index contributed by atoms with van der Waals surface area (Å²) in [6.45, 7) is 3.95. The van der Waals surface area contributed by atoms with Crippen LogP contribution in [0.4, 0.5) is 5.69 Å². The van der Waals surface area contributed by atoms with Crippen LogP contribution in [0.5, 0.6) is 11.5 Å². The predicted molar refractivity (Wildman–Crippen MR) is 113 cm³/mol. The van der Waals surface area contributed by atoms with E-state index in [1.807, 2.05) is 31.2 Å². The third kappa shape index (κ3) is 6.68. The molecule has 0 atom stereocenters. The van der Waals surface area contributed by atoms with Gasteiger partial charge in [-0.2, -0.15) is 0 Å². The molecular weight excluding hydrogens is 394 g/mol. The quantitative estimate of drug-likeness (QED) is 0.555. The van der Waals surface area contributed by atoms with E-state index in [1.54, 1.807) is 0 Å². The topological polar surface area (TPSA) is 73.9 Å². The molecule has 0 fully saturated rings. The third-order valence-corrected chi connectivity index (χ3v) is 4.43. The number of hydrogen-bond acceptors (Lipinski definition) is 5. The summed E-state index contributed by atoms with van der Waals surface area (Å²) in [4.78, 5) is 24.4. The van der Waals surface area contributed by atoms with E-state index in [9.17, 15) is 9.59 Å². The molecule has 0 saturated heterocycles. The van der Waals surface area contributed by atoms with E-state index in [0.717, 1.165) is 19.3 Å². The van der Waals surface area contributed by atoms with Crippen LogP contribution in [0.2, 0.25) is 5.02 Å². The van der Waals surface area contributed by atoms with Crippen molar-refractivity contribution in [2.75, 3.05) is 25.6 Å². The highest BCUT2D eigenvalue weighted by Gasteiger charge is 2.17. The molecule has 0 saturated carbocycles. The van der Waals surface area contributed by atoms with E-state index in [2.05, 4.69) is 12.2 Å². The van der Waals surface area contributed by atoms with Gasteiger partial charge in [-0.05, 0) is 49.6 Å². The molecule has 1 N–H and O–H groups in total. The SMILES string of the molecule is CCCCc1ccc(NC(=O)COC(=O)c2cc(Cl)c(OCC)c(OC)c2)cc1. The third-order valence-electron chi connectivity index (χ3n) is 4.14. The normalized spacial score (nSPS) is 10.3. The minimum atomic E-state index is -0.682. The van der Waals surface area contributed by atoms with Crippen molar-refractivity contribution in [3.63, 3.8) is 0 Å². The lowest BCUT2D eigenvalue weighted by Gasteiger charge is -2.13. The minimum Gasteiger partial charge on any atom is -0.493 e. The lowest BCUT2D eigenvalue weighted by molar-refractivity contribution is -0.119. The number of ether oxygens (including phenoxy) is 3. The Hall–Kier alpha value is -2.73. The lowest BCUT2D eigenvalue weighted by Crippen LogP contribution is -2.21. The van der Waals surface area contributed by atoms with Gasteiger partial charge in [0.2, 0.25) is 0 Å². The van der Waals surface area contributed by atoms with Gasteiger partial charge in [0, 0.05) is 5.69 Å². The molecule has 0 bridgehead atoms. The first kappa shape index (κ1) is 22.6. The van der Waals surface area contributed by atoms with Crippen LogP contribution in [0.25, 0.3) is 0 Å². The number of aryl methyl sites for hydroxylation is 1. The summed E-state index contributed by atoms with van der Waals surface area (Å²) in [7, 11) is 1.45. The number of carbonyl (C=O) groups excluding carboxylic acids is 2. The molecule has 0 aliphatic rings. The number of carbonyl (C=O) groups is 2. The average molecular weight is 420 g/mol. The highest BCUT2D eigenvalue weighted by molar-refractivity contribution is 6.32. The Balaban J connectivity index is 1.93. The number of amides is 1. The number of anilines is 1. The van der Waals surface area contributed by atoms with Crippen LogP contribution in [0.3, 0.4) is 0 Å². The molecule has 0 aliphatic carbocycles. The molecule has 2 rings (SSSR count). The molecule has 0 radical (unpaired) electrons. The summed E-state index contributed by atoms with van der Waals surface area (Å²) >= 11 is 6.16. The Bertz CT molecular complexity index is 836. The molecule has 29 heavy (non-hydrogen) atoms. The number of halogens is 1. The predicted octanol–water partition coefficient (Wildman–Crippen LogP) is 4.89. The standard InChI is InChI=1S/C22H26ClNO5/c1-4-6-7-15-8-10-17(11-9-15)24-20(25)14-29-22(26)16-12-18(23)21(28-5-2)19(13-16)27-3/h8-13H,4-7,14H2,1-3H3,(H,24,25). The molecular formula is C22H26ClNO5. The number of hydrogen-bond donors (Lipinski definition) is 1. The molecule has 7 heteroatoms. The van der Waals surface area contributed by atoms with Gasteiger partial charge in [-0.25, -0.2) is 4.79 Å². The van der Waals surface area contributed by atoms with Gasteiger partial charge in [-0.15, -0.1) is 0 Å². The van der Waals surface area contributed by atoms with Crippen molar-refractivity contribution in [1.82, 2.24) is 0 Å². The number of benzene rings is 2. The summed E-state index contributed by atoms with van der Waals surface area (Å²) < 4.78 is 15.7. The number of esters is 1. The van der Waals surface area contributed by atoms with Gasteiger partial charge in [-0.3, -0.25) is 4.79 Å². The van der Waals surface area contributed by atoms with E-state index in [4.69, 9.17) is 25.8 Å². The molecule has 2 aromatic rings. The molecule has 1 amide bonds. The van der Waals surface area contributed by atoms with E-state index >= 15 is 0 Å². The fraction of sp³-hybridized carbons (Fsp3) is 0.364. The Labute approximate surface area is 176 Å². The first-order chi connectivity index (χ1) is 14.0. The Morgan fingerprint density at radius 3 is 2.45 bits per heavy atom. The Kier molecular flexibility index (Phi) is 8.80. The van der Waals surface area contributed by atoms with Crippen molar-refractivity contribution < 1.29 is 23.8 Å². The highest BCUT2D eigenvalue weighted by atomic mass is 35.5. The fourth-order valence-corrected chi connectivity index (χ4v) is 2.93. The number of nitrogens with one attached hydrogen (secondary N) is 1. The van der Waals surface area contributed by atoms with Gasteiger partial charge in [0.15, 0.2) is 18.1 Å². The molecule has 0 heterocycles.